The lowest BCUT2D eigenvalue weighted by molar-refractivity contribution is -0.142. The van der Waals surface area contributed by atoms with E-state index in [0.717, 1.165) is 21.3 Å². The van der Waals surface area contributed by atoms with Crippen LogP contribution in [0.25, 0.3) is 22.2 Å². The summed E-state index contributed by atoms with van der Waals surface area (Å²) in [7, 11) is 1.31. The van der Waals surface area contributed by atoms with Crippen molar-refractivity contribution in [1.82, 2.24) is 9.55 Å². The molecule has 0 radical (unpaired) electrons. The molecule has 0 amide bonds. The number of alkyl halides is 3. The van der Waals surface area contributed by atoms with Crippen molar-refractivity contribution in [2.75, 3.05) is 0 Å². The minimum atomic E-state index is -4.78. The van der Waals surface area contributed by atoms with Crippen molar-refractivity contribution in [3.63, 3.8) is 0 Å². The van der Waals surface area contributed by atoms with E-state index in [1.165, 1.54) is 7.05 Å². The van der Waals surface area contributed by atoms with E-state index in [4.69, 9.17) is 0 Å². The first-order valence-corrected chi connectivity index (χ1v) is 6.92. The van der Waals surface area contributed by atoms with Crippen LogP contribution in [0, 0.1) is 6.92 Å². The van der Waals surface area contributed by atoms with E-state index < -0.39 is 17.4 Å². The van der Waals surface area contributed by atoms with Crippen molar-refractivity contribution in [2.45, 2.75) is 13.1 Å². The summed E-state index contributed by atoms with van der Waals surface area (Å²) in [5.41, 5.74) is 0.642. The monoisotopic (exact) mass is 318 g/mol. The van der Waals surface area contributed by atoms with Crippen molar-refractivity contribution in [2.24, 2.45) is 7.05 Å². The summed E-state index contributed by atoms with van der Waals surface area (Å²) in [6.07, 6.45) is -4.78. The molecule has 0 atom stereocenters. The van der Waals surface area contributed by atoms with E-state index in [-0.39, 0.29) is 5.52 Å². The summed E-state index contributed by atoms with van der Waals surface area (Å²) in [4.78, 5) is 15.4. The number of aromatic nitrogens is 2. The zero-order valence-electron chi connectivity index (χ0n) is 12.5. The Hall–Kier alpha value is -2.63. The molecule has 1 heterocycles. The second-order valence-electron chi connectivity index (χ2n) is 5.40. The molecule has 3 nitrogen and oxygen atoms in total. The number of halogens is 3. The Bertz CT molecular complexity index is 958. The number of aryl methyl sites for hydroxylation is 2. The lowest BCUT2D eigenvalue weighted by Crippen LogP contribution is -2.29. The van der Waals surface area contributed by atoms with Gasteiger partial charge >= 0.3 is 6.18 Å². The predicted octanol–water partition coefficient (Wildman–Crippen LogP) is 3.93. The van der Waals surface area contributed by atoms with Crippen LogP contribution in [-0.2, 0) is 13.2 Å². The molecule has 118 valence electrons. The summed E-state index contributed by atoms with van der Waals surface area (Å²) in [6, 6.07) is 12.6. The van der Waals surface area contributed by atoms with Crippen molar-refractivity contribution >= 4 is 11.0 Å². The van der Waals surface area contributed by atoms with E-state index >= 15 is 0 Å². The third kappa shape index (κ3) is 2.72. The molecule has 0 unspecified atom stereocenters. The maximum absolute atomic E-state index is 13.0. The first-order chi connectivity index (χ1) is 10.8. The Labute approximate surface area is 130 Å². The number of benzene rings is 2. The van der Waals surface area contributed by atoms with Crippen molar-refractivity contribution in [3.05, 3.63) is 64.1 Å². The molecule has 0 bridgehead atoms. The van der Waals surface area contributed by atoms with Crippen molar-refractivity contribution in [1.29, 1.82) is 0 Å². The van der Waals surface area contributed by atoms with E-state index in [1.54, 1.807) is 18.2 Å². The molecule has 0 saturated carbocycles. The van der Waals surface area contributed by atoms with E-state index in [0.29, 0.717) is 5.52 Å². The highest BCUT2D eigenvalue weighted by atomic mass is 19.4. The summed E-state index contributed by atoms with van der Waals surface area (Å²) >= 11 is 0. The van der Waals surface area contributed by atoms with Crippen molar-refractivity contribution in [3.8, 4) is 11.1 Å². The van der Waals surface area contributed by atoms with Crippen LogP contribution in [0.4, 0.5) is 13.2 Å². The molecule has 0 saturated heterocycles. The van der Waals surface area contributed by atoms with Gasteiger partial charge in [0.05, 0.1) is 11.0 Å². The molecule has 0 aliphatic carbocycles. The number of fused-ring (bicyclic) bond motifs is 1. The zero-order chi connectivity index (χ0) is 16.8. The molecule has 0 aliphatic heterocycles. The Morgan fingerprint density at radius 1 is 1.04 bits per heavy atom. The maximum Gasteiger partial charge on any atom is 0.438 e. The molecule has 0 spiro atoms. The third-order valence-corrected chi connectivity index (χ3v) is 3.70. The van der Waals surface area contributed by atoms with Gasteiger partial charge < -0.3 is 4.57 Å². The zero-order valence-corrected chi connectivity index (χ0v) is 12.5. The van der Waals surface area contributed by atoms with Crippen LogP contribution < -0.4 is 5.56 Å². The molecule has 23 heavy (non-hydrogen) atoms. The molecular formula is C17H13F3N2O. The van der Waals surface area contributed by atoms with Crippen LogP contribution in [0.3, 0.4) is 0 Å². The molecule has 1 aromatic heterocycles. The van der Waals surface area contributed by atoms with Gasteiger partial charge in [-0.15, -0.1) is 0 Å². The lowest BCUT2D eigenvalue weighted by Gasteiger charge is -2.11. The van der Waals surface area contributed by atoms with Gasteiger partial charge in [-0.3, -0.25) is 4.79 Å². The molecule has 3 rings (SSSR count). The standard InChI is InChI=1S/C17H13F3N2O/c1-10-4-3-5-11(8-10)12-6-7-14-13(9-12)21-15(17(18,19)20)16(23)22(14)2/h3-9H,1-2H3. The van der Waals surface area contributed by atoms with Gasteiger partial charge in [0.1, 0.15) is 0 Å². The molecule has 0 N–H and O–H groups in total. The Morgan fingerprint density at radius 2 is 1.74 bits per heavy atom. The predicted molar refractivity (Wildman–Crippen MR) is 82.2 cm³/mol. The first kappa shape index (κ1) is 15.3. The average molecular weight is 318 g/mol. The van der Waals surface area contributed by atoms with Gasteiger partial charge in [-0.25, -0.2) is 4.98 Å². The largest absolute Gasteiger partial charge is 0.438 e. The fraction of sp³-hybridized carbons (Fsp3) is 0.176. The fourth-order valence-electron chi connectivity index (χ4n) is 2.52. The maximum atomic E-state index is 13.0. The van der Waals surface area contributed by atoms with Gasteiger partial charge in [-0.05, 0) is 30.2 Å². The van der Waals surface area contributed by atoms with Crippen LogP contribution in [0.1, 0.15) is 11.3 Å². The Morgan fingerprint density at radius 3 is 2.39 bits per heavy atom. The summed E-state index contributed by atoms with van der Waals surface area (Å²) < 4.78 is 39.8. The summed E-state index contributed by atoms with van der Waals surface area (Å²) in [6.45, 7) is 1.94. The summed E-state index contributed by atoms with van der Waals surface area (Å²) in [5.74, 6) is 0. The molecule has 3 aromatic rings. The second kappa shape index (κ2) is 5.22. The van der Waals surface area contributed by atoms with Gasteiger partial charge in [-0.1, -0.05) is 35.9 Å². The highest BCUT2D eigenvalue weighted by Crippen LogP contribution is 2.28. The number of nitrogens with zero attached hydrogens (tertiary/aromatic N) is 2. The number of hydrogen-bond donors (Lipinski definition) is 0. The van der Waals surface area contributed by atoms with Crippen molar-refractivity contribution < 1.29 is 13.2 Å². The molecular weight excluding hydrogens is 305 g/mol. The van der Waals surface area contributed by atoms with Crippen LogP contribution in [-0.4, -0.2) is 9.55 Å². The van der Waals surface area contributed by atoms with E-state index in [9.17, 15) is 18.0 Å². The average Bonchev–Trinajstić information content (AvgIpc) is 2.49. The van der Waals surface area contributed by atoms with Gasteiger partial charge in [0.15, 0.2) is 0 Å². The van der Waals surface area contributed by atoms with Gasteiger partial charge in [0, 0.05) is 7.05 Å². The van der Waals surface area contributed by atoms with Crippen LogP contribution in [0.15, 0.2) is 47.3 Å². The highest BCUT2D eigenvalue weighted by Gasteiger charge is 2.37. The molecule has 0 fully saturated rings. The van der Waals surface area contributed by atoms with Gasteiger partial charge in [0.2, 0.25) is 5.69 Å². The van der Waals surface area contributed by atoms with E-state index in [2.05, 4.69) is 4.98 Å². The fourth-order valence-corrected chi connectivity index (χ4v) is 2.52. The highest BCUT2D eigenvalue weighted by molar-refractivity contribution is 5.82. The topological polar surface area (TPSA) is 34.9 Å². The summed E-state index contributed by atoms with van der Waals surface area (Å²) in [5, 5.41) is 0. The lowest BCUT2D eigenvalue weighted by atomic mass is 10.0. The SMILES string of the molecule is Cc1cccc(-c2ccc3c(c2)nc(C(F)(F)F)c(=O)n3C)c1. The third-order valence-electron chi connectivity index (χ3n) is 3.70. The smallest absolute Gasteiger partial charge is 0.308 e. The quantitative estimate of drug-likeness (QED) is 0.681. The number of hydrogen-bond acceptors (Lipinski definition) is 2. The number of rotatable bonds is 1. The van der Waals surface area contributed by atoms with Gasteiger partial charge in [0.25, 0.3) is 5.56 Å². The minimum absolute atomic E-state index is 0.137. The van der Waals surface area contributed by atoms with Crippen LogP contribution in [0.5, 0.6) is 0 Å². The molecule has 0 aliphatic rings. The minimum Gasteiger partial charge on any atom is -0.308 e. The Balaban J connectivity index is 2.27. The van der Waals surface area contributed by atoms with Crippen LogP contribution >= 0.6 is 0 Å². The van der Waals surface area contributed by atoms with Gasteiger partial charge in [-0.2, -0.15) is 13.2 Å². The Kier molecular flexibility index (Phi) is 3.47. The molecule has 6 heteroatoms. The van der Waals surface area contributed by atoms with E-state index in [1.807, 2.05) is 31.2 Å². The normalized spacial score (nSPS) is 11.9. The second-order valence-corrected chi connectivity index (χ2v) is 5.40. The van der Waals surface area contributed by atoms with Crippen LogP contribution in [0.2, 0.25) is 0 Å². The molecule has 2 aromatic carbocycles. The first-order valence-electron chi connectivity index (χ1n) is 6.92.